The van der Waals surface area contributed by atoms with Crippen LogP contribution in [0.3, 0.4) is 0 Å². The summed E-state index contributed by atoms with van der Waals surface area (Å²) in [5.74, 6) is 2.45. The third-order valence-corrected chi connectivity index (χ3v) is 1.30. The van der Waals surface area contributed by atoms with Crippen molar-refractivity contribution in [3.63, 3.8) is 0 Å². The van der Waals surface area contributed by atoms with Crippen molar-refractivity contribution in [1.29, 1.82) is 0 Å². The molecule has 1 rings (SSSR count). The van der Waals surface area contributed by atoms with Crippen LogP contribution in [-0.2, 0) is 9.53 Å². The van der Waals surface area contributed by atoms with Gasteiger partial charge in [0.15, 0.2) is 0 Å². The molecule has 0 aromatic rings. The molecule has 0 atom stereocenters. The standard InChI is InChI=1S/C9H9O2/c1-2-11-9-5-3-4-8(6-9)7-10/h3,6H,2,4H2,1H3. The van der Waals surface area contributed by atoms with Crippen molar-refractivity contribution in [2.45, 2.75) is 13.3 Å². The number of hydrogen-bond acceptors (Lipinski definition) is 2. The van der Waals surface area contributed by atoms with Gasteiger partial charge < -0.3 is 4.74 Å². The van der Waals surface area contributed by atoms with Crippen LogP contribution in [0.4, 0.5) is 0 Å². The number of hydrogen-bond donors (Lipinski definition) is 0. The molecule has 1 radical (unpaired) electrons. The Bertz CT molecular complexity index is 242. The van der Waals surface area contributed by atoms with Crippen LogP contribution in [-0.4, -0.2) is 12.5 Å². The second-order valence-electron chi connectivity index (χ2n) is 2.12. The molecule has 0 unspecified atom stereocenters. The molecule has 0 saturated carbocycles. The summed E-state index contributed by atoms with van der Waals surface area (Å²) in [7, 11) is 0. The van der Waals surface area contributed by atoms with Gasteiger partial charge in [-0.25, -0.2) is 4.79 Å². The zero-order chi connectivity index (χ0) is 8.10. The van der Waals surface area contributed by atoms with Gasteiger partial charge in [0.2, 0.25) is 0 Å². The lowest BCUT2D eigenvalue weighted by atomic mass is 10.1. The van der Waals surface area contributed by atoms with Gasteiger partial charge in [0.25, 0.3) is 0 Å². The molecule has 0 aromatic heterocycles. The Labute approximate surface area is 65.9 Å². The van der Waals surface area contributed by atoms with Crippen molar-refractivity contribution < 1.29 is 9.53 Å². The molecule has 0 spiro atoms. The predicted octanol–water partition coefficient (Wildman–Crippen LogP) is 1.43. The average Bonchev–Trinajstić information content (AvgIpc) is 2.06. The van der Waals surface area contributed by atoms with Gasteiger partial charge in [0.05, 0.1) is 6.61 Å². The summed E-state index contributed by atoms with van der Waals surface area (Å²) in [5.41, 5.74) is 0.618. The molecule has 11 heavy (non-hydrogen) atoms. The lowest BCUT2D eigenvalue weighted by Crippen LogP contribution is -1.94. The molecule has 0 bridgehead atoms. The van der Waals surface area contributed by atoms with Crippen molar-refractivity contribution in [2.24, 2.45) is 0 Å². The van der Waals surface area contributed by atoms with Crippen LogP contribution in [0.5, 0.6) is 0 Å². The van der Waals surface area contributed by atoms with Gasteiger partial charge in [0, 0.05) is 18.1 Å². The van der Waals surface area contributed by atoms with Gasteiger partial charge in [-0.15, -0.1) is 0 Å². The zero-order valence-electron chi connectivity index (χ0n) is 6.39. The summed E-state index contributed by atoms with van der Waals surface area (Å²) in [5, 5.41) is 0. The fourth-order valence-electron chi connectivity index (χ4n) is 0.830. The quantitative estimate of drug-likeness (QED) is 0.555. The van der Waals surface area contributed by atoms with E-state index in [2.05, 4.69) is 6.08 Å². The average molecular weight is 149 g/mol. The Morgan fingerprint density at radius 3 is 3.27 bits per heavy atom. The molecule has 2 nitrogen and oxygen atoms in total. The maximum Gasteiger partial charge on any atom is 0.128 e. The van der Waals surface area contributed by atoms with Crippen LogP contribution < -0.4 is 0 Å². The van der Waals surface area contributed by atoms with Crippen LogP contribution in [0.2, 0.25) is 0 Å². The van der Waals surface area contributed by atoms with E-state index >= 15 is 0 Å². The van der Waals surface area contributed by atoms with Gasteiger partial charge in [0.1, 0.15) is 11.7 Å². The summed E-state index contributed by atoms with van der Waals surface area (Å²) in [6, 6.07) is 0. The van der Waals surface area contributed by atoms with Crippen LogP contribution >= 0.6 is 0 Å². The Morgan fingerprint density at radius 1 is 1.82 bits per heavy atom. The third kappa shape index (κ3) is 2.10. The van der Waals surface area contributed by atoms with E-state index in [4.69, 9.17) is 4.74 Å². The largest absolute Gasteiger partial charge is 0.493 e. The zero-order valence-corrected chi connectivity index (χ0v) is 6.39. The molecule has 1 aliphatic carbocycles. The maximum absolute atomic E-state index is 10.2. The predicted molar refractivity (Wildman–Crippen MR) is 41.3 cm³/mol. The SMILES string of the molecule is CCOC1=CC(=C=O)CC=[C]1. The molecular formula is C9H9O2. The Kier molecular flexibility index (Phi) is 2.70. The highest BCUT2D eigenvalue weighted by Gasteiger charge is 2.02. The van der Waals surface area contributed by atoms with Gasteiger partial charge in [-0.05, 0) is 13.0 Å². The smallest absolute Gasteiger partial charge is 0.128 e. The van der Waals surface area contributed by atoms with Gasteiger partial charge in [-0.2, -0.15) is 0 Å². The second-order valence-corrected chi connectivity index (χ2v) is 2.12. The Morgan fingerprint density at radius 2 is 2.64 bits per heavy atom. The van der Waals surface area contributed by atoms with Crippen molar-refractivity contribution in [1.82, 2.24) is 0 Å². The summed E-state index contributed by atoms with van der Waals surface area (Å²) in [4.78, 5) is 10.2. The normalized spacial score (nSPS) is 15.7. The fraction of sp³-hybridized carbons (Fsp3) is 0.333. The molecule has 0 amide bonds. The maximum atomic E-state index is 10.2. The van der Waals surface area contributed by atoms with Crippen molar-refractivity contribution >= 4 is 5.94 Å². The molecular weight excluding hydrogens is 140 g/mol. The highest BCUT2D eigenvalue weighted by molar-refractivity contribution is 5.59. The highest BCUT2D eigenvalue weighted by atomic mass is 16.5. The van der Waals surface area contributed by atoms with E-state index in [1.54, 1.807) is 12.2 Å². The van der Waals surface area contributed by atoms with Crippen molar-refractivity contribution in [3.05, 3.63) is 29.6 Å². The van der Waals surface area contributed by atoms with Gasteiger partial charge in [-0.1, -0.05) is 6.08 Å². The van der Waals surface area contributed by atoms with E-state index < -0.39 is 0 Å². The number of rotatable bonds is 2. The summed E-state index contributed by atoms with van der Waals surface area (Å²) < 4.78 is 5.13. The fourth-order valence-corrected chi connectivity index (χ4v) is 0.830. The highest BCUT2D eigenvalue weighted by Crippen LogP contribution is 2.12. The molecule has 0 saturated heterocycles. The van der Waals surface area contributed by atoms with E-state index in [9.17, 15) is 4.79 Å². The van der Waals surface area contributed by atoms with E-state index in [-0.39, 0.29) is 0 Å². The van der Waals surface area contributed by atoms with Gasteiger partial charge >= 0.3 is 0 Å². The van der Waals surface area contributed by atoms with Crippen LogP contribution in [0.15, 0.2) is 23.5 Å². The second kappa shape index (κ2) is 3.79. The molecule has 57 valence electrons. The first-order valence-corrected chi connectivity index (χ1v) is 3.53. The van der Waals surface area contributed by atoms with Crippen LogP contribution in [0.1, 0.15) is 13.3 Å². The minimum absolute atomic E-state index is 0.596. The molecule has 2 heteroatoms. The number of ether oxygens (including phenoxy) is 1. The first-order chi connectivity index (χ1) is 5.36. The van der Waals surface area contributed by atoms with E-state index in [1.807, 2.05) is 12.9 Å². The third-order valence-electron chi connectivity index (χ3n) is 1.30. The number of carbonyl (C=O) groups excluding carboxylic acids is 1. The Balaban J connectivity index is 2.72. The lowest BCUT2D eigenvalue weighted by Gasteiger charge is -2.06. The molecule has 0 fully saturated rings. The van der Waals surface area contributed by atoms with Crippen molar-refractivity contribution in [2.75, 3.05) is 6.61 Å². The van der Waals surface area contributed by atoms with Crippen molar-refractivity contribution in [3.8, 4) is 0 Å². The first-order valence-electron chi connectivity index (χ1n) is 3.53. The van der Waals surface area contributed by atoms with Crippen LogP contribution in [0, 0.1) is 6.08 Å². The molecule has 0 aliphatic heterocycles. The lowest BCUT2D eigenvalue weighted by molar-refractivity contribution is 0.239. The minimum Gasteiger partial charge on any atom is -0.493 e. The molecule has 1 aliphatic rings. The number of allylic oxidation sites excluding steroid dienone is 4. The molecule has 0 aromatic carbocycles. The summed E-state index contributed by atoms with van der Waals surface area (Å²) >= 11 is 0. The topological polar surface area (TPSA) is 26.3 Å². The summed E-state index contributed by atoms with van der Waals surface area (Å²) in [6.45, 7) is 2.49. The monoisotopic (exact) mass is 149 g/mol. The van der Waals surface area contributed by atoms with E-state index in [1.165, 1.54) is 0 Å². The van der Waals surface area contributed by atoms with E-state index in [0.29, 0.717) is 24.4 Å². The van der Waals surface area contributed by atoms with E-state index in [0.717, 1.165) is 0 Å². The molecule has 0 N–H and O–H groups in total. The van der Waals surface area contributed by atoms with Gasteiger partial charge in [-0.3, -0.25) is 0 Å². The Hall–Kier alpha value is -1.27. The van der Waals surface area contributed by atoms with Crippen LogP contribution in [0.25, 0.3) is 0 Å². The summed E-state index contributed by atoms with van der Waals surface area (Å²) in [6.07, 6.45) is 6.94. The molecule has 0 heterocycles. The first kappa shape index (κ1) is 7.83. The minimum atomic E-state index is 0.596.